The Hall–Kier alpha value is -0.160. The van der Waals surface area contributed by atoms with E-state index in [0.29, 0.717) is 0 Å². The van der Waals surface area contributed by atoms with Crippen molar-refractivity contribution in [3.63, 3.8) is 0 Å². The standard InChI is InChI=1S/C10H21N3O/c1-14-7-6-12-2-4-13(5-3-12)10-8-11-9-10/h10-11H,2-9H2,1H3. The van der Waals surface area contributed by atoms with E-state index in [9.17, 15) is 0 Å². The van der Waals surface area contributed by atoms with Crippen LogP contribution < -0.4 is 5.32 Å². The highest BCUT2D eigenvalue weighted by Gasteiger charge is 2.27. The highest BCUT2D eigenvalue weighted by Crippen LogP contribution is 2.09. The number of ether oxygens (including phenoxy) is 1. The van der Waals surface area contributed by atoms with Gasteiger partial charge in [0.25, 0.3) is 0 Å². The lowest BCUT2D eigenvalue weighted by atomic mass is 10.1. The van der Waals surface area contributed by atoms with Gasteiger partial charge in [0.05, 0.1) is 6.61 Å². The molecule has 0 amide bonds. The zero-order valence-corrected chi connectivity index (χ0v) is 9.04. The van der Waals surface area contributed by atoms with Crippen LogP contribution in [0.25, 0.3) is 0 Å². The molecule has 2 aliphatic heterocycles. The zero-order valence-electron chi connectivity index (χ0n) is 9.04. The largest absolute Gasteiger partial charge is 0.383 e. The van der Waals surface area contributed by atoms with Crippen molar-refractivity contribution in [2.45, 2.75) is 6.04 Å². The first-order chi connectivity index (χ1) is 6.90. The van der Waals surface area contributed by atoms with E-state index >= 15 is 0 Å². The molecular weight excluding hydrogens is 178 g/mol. The minimum Gasteiger partial charge on any atom is -0.383 e. The van der Waals surface area contributed by atoms with Crippen molar-refractivity contribution in [2.24, 2.45) is 0 Å². The maximum absolute atomic E-state index is 5.09. The maximum Gasteiger partial charge on any atom is 0.0589 e. The van der Waals surface area contributed by atoms with Gasteiger partial charge in [0, 0.05) is 59.0 Å². The molecular formula is C10H21N3O. The number of rotatable bonds is 4. The maximum atomic E-state index is 5.09. The summed E-state index contributed by atoms with van der Waals surface area (Å²) in [5.74, 6) is 0. The second kappa shape index (κ2) is 5.07. The van der Waals surface area contributed by atoms with E-state index in [2.05, 4.69) is 15.1 Å². The van der Waals surface area contributed by atoms with E-state index in [4.69, 9.17) is 4.74 Å². The number of hydrogen-bond acceptors (Lipinski definition) is 4. The third-order valence-electron chi connectivity index (χ3n) is 3.29. The van der Waals surface area contributed by atoms with E-state index in [1.165, 1.54) is 39.3 Å². The quantitative estimate of drug-likeness (QED) is 0.643. The molecule has 14 heavy (non-hydrogen) atoms. The van der Waals surface area contributed by atoms with Gasteiger partial charge in [0.15, 0.2) is 0 Å². The van der Waals surface area contributed by atoms with Crippen molar-refractivity contribution in [2.75, 3.05) is 59.5 Å². The summed E-state index contributed by atoms with van der Waals surface area (Å²) in [6.45, 7) is 9.22. The molecule has 82 valence electrons. The van der Waals surface area contributed by atoms with Crippen molar-refractivity contribution in [1.29, 1.82) is 0 Å². The topological polar surface area (TPSA) is 27.7 Å². The van der Waals surface area contributed by atoms with Crippen LogP contribution in [-0.2, 0) is 4.74 Å². The van der Waals surface area contributed by atoms with Crippen molar-refractivity contribution >= 4 is 0 Å². The monoisotopic (exact) mass is 199 g/mol. The van der Waals surface area contributed by atoms with Crippen LogP contribution in [-0.4, -0.2) is 75.4 Å². The summed E-state index contributed by atoms with van der Waals surface area (Å²) in [6, 6.07) is 0.819. The molecule has 0 aromatic carbocycles. The van der Waals surface area contributed by atoms with Crippen LogP contribution in [0.3, 0.4) is 0 Å². The van der Waals surface area contributed by atoms with Gasteiger partial charge in [0.2, 0.25) is 0 Å². The Morgan fingerprint density at radius 1 is 1.21 bits per heavy atom. The van der Waals surface area contributed by atoms with Crippen LogP contribution in [0.1, 0.15) is 0 Å². The Morgan fingerprint density at radius 2 is 1.93 bits per heavy atom. The molecule has 4 heteroatoms. The van der Waals surface area contributed by atoms with Gasteiger partial charge in [-0.15, -0.1) is 0 Å². The molecule has 0 aromatic heterocycles. The molecule has 1 N–H and O–H groups in total. The Morgan fingerprint density at radius 3 is 2.43 bits per heavy atom. The SMILES string of the molecule is COCCN1CCN(C2CNC2)CC1. The van der Waals surface area contributed by atoms with Gasteiger partial charge in [-0.1, -0.05) is 0 Å². The molecule has 0 spiro atoms. The highest BCUT2D eigenvalue weighted by molar-refractivity contribution is 4.87. The fraction of sp³-hybridized carbons (Fsp3) is 1.00. The zero-order chi connectivity index (χ0) is 9.80. The van der Waals surface area contributed by atoms with Crippen molar-refractivity contribution in [3.05, 3.63) is 0 Å². The fourth-order valence-electron chi connectivity index (χ4n) is 2.10. The molecule has 0 radical (unpaired) electrons. The summed E-state index contributed by atoms with van der Waals surface area (Å²) < 4.78 is 5.09. The minimum atomic E-state index is 0.819. The summed E-state index contributed by atoms with van der Waals surface area (Å²) in [5, 5.41) is 3.33. The molecule has 2 heterocycles. The third-order valence-corrected chi connectivity index (χ3v) is 3.29. The molecule has 0 aromatic rings. The van der Waals surface area contributed by atoms with E-state index in [1.807, 2.05) is 0 Å². The lowest BCUT2D eigenvalue weighted by Gasteiger charge is -2.43. The average Bonchev–Trinajstić information content (AvgIpc) is 2.14. The molecule has 0 saturated carbocycles. The van der Waals surface area contributed by atoms with E-state index in [0.717, 1.165) is 19.2 Å². The van der Waals surface area contributed by atoms with Crippen LogP contribution in [0.15, 0.2) is 0 Å². The van der Waals surface area contributed by atoms with Gasteiger partial charge in [-0.25, -0.2) is 0 Å². The van der Waals surface area contributed by atoms with Crippen LogP contribution in [0.4, 0.5) is 0 Å². The normalized spacial score (nSPS) is 26.4. The number of methoxy groups -OCH3 is 1. The first kappa shape index (κ1) is 10.4. The molecule has 2 aliphatic rings. The van der Waals surface area contributed by atoms with Crippen LogP contribution in [0.5, 0.6) is 0 Å². The molecule has 2 rings (SSSR count). The summed E-state index contributed by atoms with van der Waals surface area (Å²) in [4.78, 5) is 5.10. The molecule has 2 saturated heterocycles. The number of nitrogens with one attached hydrogen (secondary N) is 1. The second-order valence-corrected chi connectivity index (χ2v) is 4.18. The Balaban J connectivity index is 1.64. The van der Waals surface area contributed by atoms with E-state index in [1.54, 1.807) is 7.11 Å². The predicted molar refractivity (Wildman–Crippen MR) is 56.5 cm³/mol. The number of piperazine rings is 1. The molecule has 0 aliphatic carbocycles. The van der Waals surface area contributed by atoms with Crippen LogP contribution >= 0.6 is 0 Å². The Kier molecular flexibility index (Phi) is 3.75. The lowest BCUT2D eigenvalue weighted by Crippen LogP contribution is -2.61. The van der Waals surface area contributed by atoms with Gasteiger partial charge < -0.3 is 10.1 Å². The summed E-state index contributed by atoms with van der Waals surface area (Å²) in [5.41, 5.74) is 0. The second-order valence-electron chi connectivity index (χ2n) is 4.18. The van der Waals surface area contributed by atoms with Crippen LogP contribution in [0, 0.1) is 0 Å². The van der Waals surface area contributed by atoms with Gasteiger partial charge in [-0.3, -0.25) is 9.80 Å². The minimum absolute atomic E-state index is 0.819. The number of hydrogen-bond donors (Lipinski definition) is 1. The first-order valence-electron chi connectivity index (χ1n) is 5.56. The summed E-state index contributed by atoms with van der Waals surface area (Å²) >= 11 is 0. The van der Waals surface area contributed by atoms with Gasteiger partial charge in [0.1, 0.15) is 0 Å². The van der Waals surface area contributed by atoms with E-state index in [-0.39, 0.29) is 0 Å². The first-order valence-corrected chi connectivity index (χ1v) is 5.56. The summed E-state index contributed by atoms with van der Waals surface area (Å²) in [7, 11) is 1.77. The molecule has 4 nitrogen and oxygen atoms in total. The smallest absolute Gasteiger partial charge is 0.0589 e. The highest BCUT2D eigenvalue weighted by atomic mass is 16.5. The lowest BCUT2D eigenvalue weighted by molar-refractivity contribution is 0.0584. The van der Waals surface area contributed by atoms with Crippen LogP contribution in [0.2, 0.25) is 0 Å². The molecule has 0 atom stereocenters. The predicted octanol–water partition coefficient (Wildman–Crippen LogP) is -0.778. The van der Waals surface area contributed by atoms with Gasteiger partial charge >= 0.3 is 0 Å². The Bertz CT molecular complexity index is 165. The average molecular weight is 199 g/mol. The van der Waals surface area contributed by atoms with Gasteiger partial charge in [-0.2, -0.15) is 0 Å². The van der Waals surface area contributed by atoms with Crippen molar-refractivity contribution < 1.29 is 4.74 Å². The summed E-state index contributed by atoms with van der Waals surface area (Å²) in [6.07, 6.45) is 0. The fourth-order valence-corrected chi connectivity index (χ4v) is 2.10. The molecule has 0 bridgehead atoms. The molecule has 2 fully saturated rings. The Labute approximate surface area is 86.2 Å². The van der Waals surface area contributed by atoms with Crippen molar-refractivity contribution in [3.8, 4) is 0 Å². The van der Waals surface area contributed by atoms with E-state index < -0.39 is 0 Å². The molecule has 0 unspecified atom stereocenters. The number of nitrogens with zero attached hydrogens (tertiary/aromatic N) is 2. The van der Waals surface area contributed by atoms with Gasteiger partial charge in [-0.05, 0) is 0 Å². The van der Waals surface area contributed by atoms with Crippen molar-refractivity contribution in [1.82, 2.24) is 15.1 Å². The third kappa shape index (κ3) is 2.45.